The fourth-order valence-electron chi connectivity index (χ4n) is 2.90. The third-order valence-corrected chi connectivity index (χ3v) is 7.28. The molecule has 112 valence electrons. The van der Waals surface area contributed by atoms with Crippen molar-refractivity contribution in [3.63, 3.8) is 0 Å². The Morgan fingerprint density at radius 2 is 1.95 bits per heavy atom. The van der Waals surface area contributed by atoms with Crippen molar-refractivity contribution in [2.45, 2.75) is 57.3 Å². The number of ether oxygens (including phenoxy) is 1. The number of aliphatic hydroxyl groups excluding tert-OH is 1. The number of aliphatic hydroxyl groups is 1. The van der Waals surface area contributed by atoms with Gasteiger partial charge >= 0.3 is 0 Å². The highest BCUT2D eigenvalue weighted by Crippen LogP contribution is 2.49. The molecule has 0 spiro atoms. The van der Waals surface area contributed by atoms with Gasteiger partial charge in [-0.3, -0.25) is 0 Å². The van der Waals surface area contributed by atoms with Gasteiger partial charge in [0.2, 0.25) is 0 Å². The van der Waals surface area contributed by atoms with Crippen molar-refractivity contribution in [3.05, 3.63) is 0 Å². The second-order valence-corrected chi connectivity index (χ2v) is 9.94. The minimum atomic E-state index is -3.13. The van der Waals surface area contributed by atoms with E-state index in [9.17, 15) is 13.5 Å². The Balaban J connectivity index is 2.07. The highest BCUT2D eigenvalue weighted by atomic mass is 32.2. The van der Waals surface area contributed by atoms with E-state index in [-0.39, 0.29) is 23.9 Å². The lowest BCUT2D eigenvalue weighted by molar-refractivity contribution is -0.00119. The molecular formula is C14H26O4S. The molecule has 0 aromatic carbocycles. The maximum atomic E-state index is 12.2. The predicted octanol–water partition coefficient (Wildman–Crippen LogP) is 1.77. The van der Waals surface area contributed by atoms with Crippen molar-refractivity contribution in [3.8, 4) is 0 Å². The maximum Gasteiger partial charge on any atom is 0.155 e. The van der Waals surface area contributed by atoms with Gasteiger partial charge < -0.3 is 9.84 Å². The molecule has 1 saturated heterocycles. The van der Waals surface area contributed by atoms with Crippen LogP contribution in [0.5, 0.6) is 0 Å². The first-order chi connectivity index (χ1) is 8.72. The molecule has 5 heteroatoms. The predicted molar refractivity (Wildman–Crippen MR) is 74.8 cm³/mol. The fourth-order valence-corrected chi connectivity index (χ4v) is 4.19. The van der Waals surface area contributed by atoms with Crippen molar-refractivity contribution in [1.29, 1.82) is 0 Å². The van der Waals surface area contributed by atoms with E-state index in [4.69, 9.17) is 4.74 Å². The molecule has 2 aliphatic rings. The largest absolute Gasteiger partial charge is 0.396 e. The van der Waals surface area contributed by atoms with Crippen LogP contribution in [-0.2, 0) is 14.6 Å². The standard InChI is InChI=1S/C14H26O4S/c1-13(2,3)19(16,17)9-7-14(10-15)6-8-18-12(14)11-4-5-11/h11-12,15H,4-10H2,1-3H3. The smallest absolute Gasteiger partial charge is 0.155 e. The average molecular weight is 290 g/mol. The van der Waals surface area contributed by atoms with Gasteiger partial charge in [0, 0.05) is 12.0 Å². The number of sulfone groups is 1. The zero-order chi connectivity index (χ0) is 14.3. The first-order valence-corrected chi connectivity index (χ1v) is 8.82. The molecule has 1 saturated carbocycles. The van der Waals surface area contributed by atoms with E-state index < -0.39 is 14.6 Å². The van der Waals surface area contributed by atoms with Gasteiger partial charge in [0.1, 0.15) is 0 Å². The van der Waals surface area contributed by atoms with Crippen molar-refractivity contribution in [1.82, 2.24) is 0 Å². The zero-order valence-corrected chi connectivity index (χ0v) is 13.0. The van der Waals surface area contributed by atoms with E-state index in [1.807, 2.05) is 0 Å². The summed E-state index contributed by atoms with van der Waals surface area (Å²) >= 11 is 0. The first kappa shape index (κ1) is 15.3. The molecule has 4 nitrogen and oxygen atoms in total. The van der Waals surface area contributed by atoms with E-state index in [0.717, 1.165) is 19.3 Å². The van der Waals surface area contributed by atoms with Gasteiger partial charge in [-0.25, -0.2) is 8.42 Å². The van der Waals surface area contributed by atoms with Crippen molar-refractivity contribution in [2.24, 2.45) is 11.3 Å². The average Bonchev–Trinajstić information content (AvgIpc) is 3.06. The lowest BCUT2D eigenvalue weighted by Crippen LogP contribution is -2.40. The molecule has 0 bridgehead atoms. The highest BCUT2D eigenvalue weighted by Gasteiger charge is 2.51. The van der Waals surface area contributed by atoms with Crippen LogP contribution in [0.4, 0.5) is 0 Å². The van der Waals surface area contributed by atoms with Crippen molar-refractivity contribution >= 4 is 9.84 Å². The second kappa shape index (κ2) is 5.01. The van der Waals surface area contributed by atoms with Crippen LogP contribution in [0, 0.1) is 11.3 Å². The number of rotatable bonds is 5. The fraction of sp³-hybridized carbons (Fsp3) is 1.00. The van der Waals surface area contributed by atoms with E-state index in [2.05, 4.69) is 0 Å². The molecule has 0 radical (unpaired) electrons. The minimum Gasteiger partial charge on any atom is -0.396 e. The third kappa shape index (κ3) is 2.98. The normalized spacial score (nSPS) is 32.7. The molecule has 0 aromatic rings. The van der Waals surface area contributed by atoms with E-state index in [1.165, 1.54) is 0 Å². The SMILES string of the molecule is CC(C)(C)S(=O)(=O)CCC1(CO)CCOC1C1CC1. The van der Waals surface area contributed by atoms with Crippen LogP contribution in [0.15, 0.2) is 0 Å². The Labute approximate surface area is 116 Å². The Kier molecular flexibility index (Phi) is 4.02. The number of hydrogen-bond acceptors (Lipinski definition) is 4. The maximum absolute atomic E-state index is 12.2. The molecule has 19 heavy (non-hydrogen) atoms. The first-order valence-electron chi connectivity index (χ1n) is 7.17. The zero-order valence-electron chi connectivity index (χ0n) is 12.2. The molecule has 1 heterocycles. The third-order valence-electron chi connectivity index (χ3n) is 4.67. The summed E-state index contributed by atoms with van der Waals surface area (Å²) in [6.45, 7) is 5.89. The lowest BCUT2D eigenvalue weighted by atomic mass is 9.77. The van der Waals surface area contributed by atoms with Crippen LogP contribution >= 0.6 is 0 Å². The molecule has 2 rings (SSSR count). The van der Waals surface area contributed by atoms with Crippen LogP contribution in [0.1, 0.15) is 46.5 Å². The second-order valence-electron chi connectivity index (χ2n) is 7.08. The monoisotopic (exact) mass is 290 g/mol. The minimum absolute atomic E-state index is 0.0355. The van der Waals surface area contributed by atoms with Gasteiger partial charge in [-0.1, -0.05) is 0 Å². The Hall–Kier alpha value is -0.130. The van der Waals surface area contributed by atoms with E-state index in [1.54, 1.807) is 20.8 Å². The molecule has 2 fully saturated rings. The molecular weight excluding hydrogens is 264 g/mol. The summed E-state index contributed by atoms with van der Waals surface area (Å²) in [5.74, 6) is 0.677. The lowest BCUT2D eigenvalue weighted by Gasteiger charge is -2.33. The highest BCUT2D eigenvalue weighted by molar-refractivity contribution is 7.92. The summed E-state index contributed by atoms with van der Waals surface area (Å²) in [6, 6.07) is 0. The van der Waals surface area contributed by atoms with Crippen molar-refractivity contribution in [2.75, 3.05) is 19.0 Å². The Bertz CT molecular complexity index is 419. The Morgan fingerprint density at radius 3 is 2.42 bits per heavy atom. The van der Waals surface area contributed by atoms with Gasteiger partial charge in [0.05, 0.1) is 23.2 Å². The van der Waals surface area contributed by atoms with Gasteiger partial charge in [-0.05, 0) is 52.4 Å². The Morgan fingerprint density at radius 1 is 1.32 bits per heavy atom. The van der Waals surface area contributed by atoms with E-state index >= 15 is 0 Å². The van der Waals surface area contributed by atoms with E-state index in [0.29, 0.717) is 18.9 Å². The summed E-state index contributed by atoms with van der Waals surface area (Å²) in [4.78, 5) is 0. The molecule has 2 atom stereocenters. The molecule has 1 aliphatic carbocycles. The summed E-state index contributed by atoms with van der Waals surface area (Å²) < 4.78 is 29.5. The summed E-state index contributed by atoms with van der Waals surface area (Å²) in [5, 5.41) is 9.79. The molecule has 1 aliphatic heterocycles. The van der Waals surface area contributed by atoms with Gasteiger partial charge in [0.15, 0.2) is 9.84 Å². The summed E-state index contributed by atoms with van der Waals surface area (Å²) in [7, 11) is -3.13. The van der Waals surface area contributed by atoms with Gasteiger partial charge in [-0.15, -0.1) is 0 Å². The van der Waals surface area contributed by atoms with Crippen molar-refractivity contribution < 1.29 is 18.3 Å². The van der Waals surface area contributed by atoms with Gasteiger partial charge in [-0.2, -0.15) is 0 Å². The van der Waals surface area contributed by atoms with Crippen LogP contribution in [0.25, 0.3) is 0 Å². The topological polar surface area (TPSA) is 63.6 Å². The van der Waals surface area contributed by atoms with Crippen LogP contribution in [0.2, 0.25) is 0 Å². The summed E-state index contributed by atoms with van der Waals surface area (Å²) in [5.41, 5.74) is -0.334. The molecule has 1 N–H and O–H groups in total. The van der Waals surface area contributed by atoms with Crippen LogP contribution < -0.4 is 0 Å². The number of hydrogen-bond donors (Lipinski definition) is 1. The van der Waals surface area contributed by atoms with Crippen LogP contribution in [-0.4, -0.2) is 43.3 Å². The molecule has 0 aromatic heterocycles. The molecule has 0 amide bonds. The molecule has 2 unspecified atom stereocenters. The quantitative estimate of drug-likeness (QED) is 0.838. The summed E-state index contributed by atoms with van der Waals surface area (Å²) in [6.07, 6.45) is 3.67. The van der Waals surface area contributed by atoms with Crippen LogP contribution in [0.3, 0.4) is 0 Å². The van der Waals surface area contributed by atoms with Gasteiger partial charge in [0.25, 0.3) is 0 Å².